The maximum Gasteiger partial charge on any atom is 2.00 e. The van der Waals surface area contributed by atoms with Gasteiger partial charge in [-0.2, -0.15) is 0 Å². The van der Waals surface area contributed by atoms with Crippen molar-refractivity contribution in [1.82, 2.24) is 9.97 Å². The van der Waals surface area contributed by atoms with E-state index in [-0.39, 0.29) is 51.0 Å². The van der Waals surface area contributed by atoms with E-state index in [2.05, 4.69) is 96.6 Å². The van der Waals surface area contributed by atoms with E-state index < -0.39 is 0 Å². The molecule has 0 aliphatic heterocycles. The number of hydrogen-bond donors (Lipinski definition) is 0. The Balaban J connectivity index is 0.000000241. The summed E-state index contributed by atoms with van der Waals surface area (Å²) in [5.74, 6) is 0. The van der Waals surface area contributed by atoms with Gasteiger partial charge in [0.1, 0.15) is 0 Å². The molecule has 186 valence electrons. The van der Waals surface area contributed by atoms with Crippen LogP contribution in [-0.2, 0) is 39.0 Å². The van der Waals surface area contributed by atoms with Crippen molar-refractivity contribution in [2.24, 2.45) is 0 Å². The van der Waals surface area contributed by atoms with Crippen molar-refractivity contribution < 1.29 is 51.0 Å². The molecule has 0 saturated carbocycles. The fraction of sp³-hybridized carbons (Fsp3) is 0.125. The molecule has 0 unspecified atom stereocenters. The summed E-state index contributed by atoms with van der Waals surface area (Å²) in [6.45, 7) is 4.39. The molecule has 4 aromatic carbocycles. The molecule has 6 rings (SSSR count). The third kappa shape index (κ3) is 6.47. The Labute approximate surface area is 250 Å². The number of fused-ring (bicyclic) bond motifs is 2. The van der Waals surface area contributed by atoms with Gasteiger partial charge in [0.05, 0.1) is 0 Å². The largest absolute Gasteiger partial charge is 2.00 e. The maximum atomic E-state index is 4.43. The van der Waals surface area contributed by atoms with Crippen molar-refractivity contribution in [3.63, 3.8) is 0 Å². The first kappa shape index (κ1) is 30.6. The van der Waals surface area contributed by atoms with E-state index in [0.717, 1.165) is 24.2 Å². The van der Waals surface area contributed by atoms with Gasteiger partial charge < -0.3 is 24.8 Å². The molecule has 0 spiro atoms. The molecule has 0 N–H and O–H groups in total. The number of aromatic nitrogens is 2. The molecule has 37 heavy (non-hydrogen) atoms. The second-order valence-corrected chi connectivity index (χ2v) is 8.39. The van der Waals surface area contributed by atoms with Gasteiger partial charge in [-0.05, 0) is 12.8 Å². The average Bonchev–Trinajstić information content (AvgIpc) is 3.55. The van der Waals surface area contributed by atoms with Crippen LogP contribution in [0.2, 0.25) is 0 Å². The van der Waals surface area contributed by atoms with E-state index in [0.29, 0.717) is 0 Å². The van der Waals surface area contributed by atoms with Gasteiger partial charge in [0.15, 0.2) is 0 Å². The Kier molecular flexibility index (Phi) is 11.9. The number of nitrogens with zero attached hydrogens (tertiary/aromatic N) is 2. The summed E-state index contributed by atoms with van der Waals surface area (Å²) in [5.41, 5.74) is 7.38. The summed E-state index contributed by atoms with van der Waals surface area (Å²) in [4.78, 5) is 8.85. The van der Waals surface area contributed by atoms with E-state index in [1.54, 1.807) is 0 Å². The zero-order valence-electron chi connectivity index (χ0n) is 21.0. The maximum absolute atomic E-state index is 4.43. The molecule has 0 radical (unpaired) electrons. The fourth-order valence-corrected chi connectivity index (χ4v) is 4.71. The first-order valence-corrected chi connectivity index (χ1v) is 12.0. The molecule has 5 heteroatoms. The van der Waals surface area contributed by atoms with E-state index in [1.807, 2.05) is 36.7 Å². The van der Waals surface area contributed by atoms with Crippen LogP contribution in [0.3, 0.4) is 0 Å². The van der Waals surface area contributed by atoms with Crippen LogP contribution in [-0.4, -0.2) is 9.97 Å². The fourth-order valence-electron chi connectivity index (χ4n) is 4.71. The van der Waals surface area contributed by atoms with Gasteiger partial charge in [-0.25, -0.2) is 0 Å². The van der Waals surface area contributed by atoms with Gasteiger partial charge in [-0.15, -0.1) is 57.9 Å². The normalized spacial score (nSPS) is 10.0. The van der Waals surface area contributed by atoms with Gasteiger partial charge in [-0.1, -0.05) is 96.8 Å². The van der Waals surface area contributed by atoms with Gasteiger partial charge >= 0.3 is 26.2 Å². The van der Waals surface area contributed by atoms with Crippen molar-refractivity contribution in [3.05, 3.63) is 121 Å². The molecule has 2 aromatic heterocycles. The Morgan fingerprint density at radius 1 is 0.541 bits per heavy atom. The van der Waals surface area contributed by atoms with Crippen molar-refractivity contribution in [2.75, 3.05) is 0 Å². The van der Waals surface area contributed by atoms with Crippen LogP contribution in [0.1, 0.15) is 25.0 Å². The van der Waals surface area contributed by atoms with Crippen LogP contribution in [0.25, 0.3) is 44.1 Å². The average molecular weight is 603 g/mol. The first-order chi connectivity index (χ1) is 16.8. The molecule has 0 fully saturated rings. The minimum absolute atomic E-state index is 0. The SMILES string of the molecule is CCc1cccc2c1cc[c-]2-c1ccccn1.CCc1cccc2c1cc[c-]2-c1ccccn1.[Cl-].[Cl-].[Zr+2]. The first-order valence-electron chi connectivity index (χ1n) is 12.0. The van der Waals surface area contributed by atoms with E-state index >= 15 is 0 Å². The zero-order chi connectivity index (χ0) is 23.3. The van der Waals surface area contributed by atoms with Crippen molar-refractivity contribution >= 4 is 21.5 Å². The molecule has 0 saturated heterocycles. The smallest absolute Gasteiger partial charge is 1.00 e. The number of benzene rings is 2. The van der Waals surface area contributed by atoms with Crippen LogP contribution < -0.4 is 24.8 Å². The van der Waals surface area contributed by atoms with E-state index in [4.69, 9.17) is 0 Å². The van der Waals surface area contributed by atoms with Gasteiger partial charge in [0, 0.05) is 23.8 Å². The minimum atomic E-state index is 0. The van der Waals surface area contributed by atoms with Crippen LogP contribution in [0.4, 0.5) is 0 Å². The number of pyridine rings is 2. The second-order valence-electron chi connectivity index (χ2n) is 8.39. The molecule has 0 amide bonds. The molecule has 0 bridgehead atoms. The van der Waals surface area contributed by atoms with Crippen LogP contribution in [0, 0.1) is 0 Å². The number of rotatable bonds is 4. The Hall–Kier alpha value is -2.58. The van der Waals surface area contributed by atoms with Crippen LogP contribution in [0.5, 0.6) is 0 Å². The predicted octanol–water partition coefficient (Wildman–Crippen LogP) is 2.37. The third-order valence-electron chi connectivity index (χ3n) is 6.45. The number of aryl methyl sites for hydroxylation is 2. The number of halogens is 2. The van der Waals surface area contributed by atoms with E-state index in [9.17, 15) is 0 Å². The molecule has 2 heterocycles. The topological polar surface area (TPSA) is 25.8 Å². The Bertz CT molecular complexity index is 1410. The van der Waals surface area contributed by atoms with Crippen molar-refractivity contribution in [3.8, 4) is 22.5 Å². The Morgan fingerprint density at radius 3 is 1.32 bits per heavy atom. The number of hydrogen-bond acceptors (Lipinski definition) is 2. The monoisotopic (exact) mass is 600 g/mol. The van der Waals surface area contributed by atoms with Gasteiger partial charge in [0.25, 0.3) is 0 Å². The standard InChI is InChI=1S/2C16H14N.2ClH.Zr/c2*1-2-12-6-5-7-14-13(12)9-10-15(14)16-8-3-4-11-17-16;;;/h2*3-11H,2H2,1H3;2*1H;/q2*-1;;;+2/p-2. The predicted molar refractivity (Wildman–Crippen MR) is 144 cm³/mol. The summed E-state index contributed by atoms with van der Waals surface area (Å²) in [7, 11) is 0. The molecule has 2 nitrogen and oxygen atoms in total. The molecule has 0 aliphatic carbocycles. The molecule has 0 atom stereocenters. The summed E-state index contributed by atoms with van der Waals surface area (Å²) < 4.78 is 0. The molecule has 0 aliphatic rings. The quantitative estimate of drug-likeness (QED) is 0.290. The minimum Gasteiger partial charge on any atom is -1.00 e. The summed E-state index contributed by atoms with van der Waals surface area (Å²) in [6.07, 6.45) is 5.84. The van der Waals surface area contributed by atoms with Crippen LogP contribution in [0.15, 0.2) is 109 Å². The van der Waals surface area contributed by atoms with Crippen molar-refractivity contribution in [1.29, 1.82) is 0 Å². The third-order valence-corrected chi connectivity index (χ3v) is 6.45. The van der Waals surface area contributed by atoms with Crippen molar-refractivity contribution in [2.45, 2.75) is 26.7 Å². The van der Waals surface area contributed by atoms with E-state index in [1.165, 1.54) is 43.8 Å². The van der Waals surface area contributed by atoms with Crippen LogP contribution >= 0.6 is 0 Å². The molecule has 6 aromatic rings. The summed E-state index contributed by atoms with van der Waals surface area (Å²) in [5, 5.41) is 5.33. The summed E-state index contributed by atoms with van der Waals surface area (Å²) >= 11 is 0. The van der Waals surface area contributed by atoms with Gasteiger partial charge in [0.2, 0.25) is 0 Å². The van der Waals surface area contributed by atoms with Gasteiger partial charge in [-0.3, -0.25) is 9.97 Å². The molecular formula is C32H28Cl2N2Zr-2. The molecular weight excluding hydrogens is 574 g/mol. The second kappa shape index (κ2) is 14.4. The Morgan fingerprint density at radius 2 is 0.973 bits per heavy atom. The zero-order valence-corrected chi connectivity index (χ0v) is 24.9. The summed E-state index contributed by atoms with van der Waals surface area (Å²) in [6, 6.07) is 33.9.